The third kappa shape index (κ3) is 4.97. The average Bonchev–Trinajstić information content (AvgIpc) is 3.06. The number of phenols is 1. The molecule has 1 saturated heterocycles. The van der Waals surface area contributed by atoms with Crippen LogP contribution in [0.25, 0.3) is 0 Å². The highest BCUT2D eigenvalue weighted by molar-refractivity contribution is 7.92. The highest BCUT2D eigenvalue weighted by Crippen LogP contribution is 2.25. The summed E-state index contributed by atoms with van der Waals surface area (Å²) in [6.07, 6.45) is 2.73. The molecular weight excluding hydrogens is 358 g/mol. The molecule has 2 aromatic rings. The zero-order valence-corrected chi connectivity index (χ0v) is 15.7. The van der Waals surface area contributed by atoms with Crippen molar-refractivity contribution in [3.8, 4) is 5.75 Å². The van der Waals surface area contributed by atoms with Gasteiger partial charge in [0.1, 0.15) is 5.75 Å². The van der Waals surface area contributed by atoms with Gasteiger partial charge in [0.25, 0.3) is 0 Å². The first kappa shape index (κ1) is 19.8. The number of nitrogens with zero attached hydrogens (tertiary/aromatic N) is 1. The monoisotopic (exact) mass is 381 g/mol. The summed E-state index contributed by atoms with van der Waals surface area (Å²) in [7, 11) is -3.32. The zero-order chi connectivity index (χ0) is 17.0. The molecule has 25 heavy (non-hydrogen) atoms. The Morgan fingerprint density at radius 1 is 1.04 bits per heavy atom. The van der Waals surface area contributed by atoms with Crippen molar-refractivity contribution in [3.63, 3.8) is 0 Å². The van der Waals surface area contributed by atoms with Crippen LogP contribution in [0.15, 0.2) is 59.5 Å². The fourth-order valence-corrected chi connectivity index (χ4v) is 4.96. The maximum absolute atomic E-state index is 12.7. The molecule has 136 valence electrons. The first-order valence-corrected chi connectivity index (χ1v) is 9.89. The average molecular weight is 382 g/mol. The molecule has 0 saturated carbocycles. The van der Waals surface area contributed by atoms with E-state index in [1.54, 1.807) is 0 Å². The number of hydrogen-bond donors (Lipinski definition) is 1. The Balaban J connectivity index is 0.00000225. The van der Waals surface area contributed by atoms with Gasteiger partial charge in [0.2, 0.25) is 0 Å². The molecule has 4 nitrogen and oxygen atoms in total. The van der Waals surface area contributed by atoms with Crippen LogP contribution in [0.1, 0.15) is 18.4 Å². The number of halogens is 1. The van der Waals surface area contributed by atoms with E-state index in [0.717, 1.165) is 25.9 Å². The van der Waals surface area contributed by atoms with Gasteiger partial charge in [-0.25, -0.2) is 8.42 Å². The highest BCUT2D eigenvalue weighted by Gasteiger charge is 2.33. The number of aryl methyl sites for hydroxylation is 1. The molecule has 1 aliphatic rings. The van der Waals surface area contributed by atoms with E-state index in [0.29, 0.717) is 17.9 Å². The van der Waals surface area contributed by atoms with Gasteiger partial charge in [0.15, 0.2) is 9.84 Å². The van der Waals surface area contributed by atoms with Gasteiger partial charge in [-0.1, -0.05) is 30.3 Å². The van der Waals surface area contributed by atoms with E-state index in [2.05, 4.69) is 17.0 Å². The van der Waals surface area contributed by atoms with Crippen LogP contribution in [0.2, 0.25) is 0 Å². The molecule has 0 aromatic heterocycles. The predicted octanol–water partition coefficient (Wildman–Crippen LogP) is 3.29. The summed E-state index contributed by atoms with van der Waals surface area (Å²) in [4.78, 5) is 2.54. The Labute approximate surface area is 155 Å². The summed E-state index contributed by atoms with van der Waals surface area (Å²) < 4.78 is 25.4. The fourth-order valence-electron chi connectivity index (χ4n) is 3.23. The Kier molecular flexibility index (Phi) is 6.87. The van der Waals surface area contributed by atoms with Gasteiger partial charge >= 0.3 is 0 Å². The summed E-state index contributed by atoms with van der Waals surface area (Å²) in [6.45, 7) is 2.35. The molecule has 0 bridgehead atoms. The number of hydrogen-bond acceptors (Lipinski definition) is 4. The summed E-state index contributed by atoms with van der Waals surface area (Å²) >= 11 is 0. The van der Waals surface area contributed by atoms with Crippen LogP contribution in [0.4, 0.5) is 0 Å². The molecule has 1 atom stereocenters. The Morgan fingerprint density at radius 2 is 1.72 bits per heavy atom. The molecule has 0 amide bonds. The van der Waals surface area contributed by atoms with Gasteiger partial charge in [-0.3, -0.25) is 0 Å². The number of benzene rings is 2. The predicted molar refractivity (Wildman–Crippen MR) is 102 cm³/mol. The molecule has 0 aliphatic carbocycles. The summed E-state index contributed by atoms with van der Waals surface area (Å²) in [5, 5.41) is 8.97. The molecule has 2 aromatic carbocycles. The molecule has 1 heterocycles. The number of aromatic hydroxyl groups is 1. The molecule has 0 spiro atoms. The second kappa shape index (κ2) is 8.70. The van der Waals surface area contributed by atoms with Crippen molar-refractivity contribution in [2.24, 2.45) is 0 Å². The molecule has 1 fully saturated rings. The quantitative estimate of drug-likeness (QED) is 0.834. The van der Waals surface area contributed by atoms with Crippen molar-refractivity contribution in [1.82, 2.24) is 4.90 Å². The molecule has 3 rings (SSSR count). The van der Waals surface area contributed by atoms with Crippen LogP contribution in [0.3, 0.4) is 0 Å². The van der Waals surface area contributed by atoms with Gasteiger partial charge in [-0.15, -0.1) is 12.4 Å². The van der Waals surface area contributed by atoms with Crippen molar-refractivity contribution >= 4 is 22.2 Å². The van der Waals surface area contributed by atoms with E-state index in [-0.39, 0.29) is 23.4 Å². The molecule has 6 heteroatoms. The molecule has 1 aliphatic heterocycles. The molecule has 1 N–H and O–H groups in total. The minimum Gasteiger partial charge on any atom is -0.508 e. The first-order valence-electron chi connectivity index (χ1n) is 8.35. The third-order valence-corrected chi connectivity index (χ3v) is 6.81. The minimum atomic E-state index is -3.32. The van der Waals surface area contributed by atoms with Crippen LogP contribution >= 0.6 is 12.4 Å². The third-order valence-electron chi connectivity index (χ3n) is 4.62. The Bertz CT molecular complexity index is 763. The van der Waals surface area contributed by atoms with Crippen molar-refractivity contribution < 1.29 is 13.5 Å². The van der Waals surface area contributed by atoms with Gasteiger partial charge in [-0.05, 0) is 62.2 Å². The van der Waals surface area contributed by atoms with E-state index < -0.39 is 9.84 Å². The van der Waals surface area contributed by atoms with E-state index in [1.165, 1.54) is 29.8 Å². The Morgan fingerprint density at radius 3 is 2.40 bits per heavy atom. The normalized spacial score (nSPS) is 18.0. The minimum absolute atomic E-state index is 0. The van der Waals surface area contributed by atoms with E-state index in [9.17, 15) is 13.5 Å². The summed E-state index contributed by atoms with van der Waals surface area (Å²) in [5.41, 5.74) is 1.32. The second-order valence-corrected chi connectivity index (χ2v) is 8.57. The topological polar surface area (TPSA) is 57.6 Å². The smallest absolute Gasteiger partial charge is 0.182 e. The standard InChI is InChI=1S/C19H23NO3S.ClH/c21-17-8-10-18(11-9-17)24(22,23)19-12-14-20(15-19)13-4-7-16-5-2-1-3-6-16;/h1-3,5-6,8-11,19,21H,4,7,12-15H2;1H. The summed E-state index contributed by atoms with van der Waals surface area (Å²) in [5.74, 6) is 0.0860. The number of rotatable bonds is 6. The lowest BCUT2D eigenvalue weighted by molar-refractivity contribution is 0.334. The number of phenolic OH excluding ortho intramolecular Hbond substituents is 1. The van der Waals surface area contributed by atoms with Crippen LogP contribution in [-0.2, 0) is 16.3 Å². The van der Waals surface area contributed by atoms with Gasteiger partial charge in [0, 0.05) is 6.54 Å². The maximum Gasteiger partial charge on any atom is 0.182 e. The lowest BCUT2D eigenvalue weighted by atomic mass is 10.1. The lowest BCUT2D eigenvalue weighted by Gasteiger charge is -2.16. The zero-order valence-electron chi connectivity index (χ0n) is 14.0. The first-order chi connectivity index (χ1) is 11.6. The fraction of sp³-hybridized carbons (Fsp3) is 0.368. The van der Waals surface area contributed by atoms with Crippen LogP contribution in [-0.4, -0.2) is 43.3 Å². The van der Waals surface area contributed by atoms with Crippen molar-refractivity contribution in [1.29, 1.82) is 0 Å². The van der Waals surface area contributed by atoms with Crippen LogP contribution < -0.4 is 0 Å². The lowest BCUT2D eigenvalue weighted by Crippen LogP contribution is -2.28. The van der Waals surface area contributed by atoms with E-state index in [1.807, 2.05) is 18.2 Å². The van der Waals surface area contributed by atoms with Gasteiger partial charge < -0.3 is 10.0 Å². The second-order valence-electron chi connectivity index (χ2n) is 6.34. The van der Waals surface area contributed by atoms with Crippen molar-refractivity contribution in [2.45, 2.75) is 29.4 Å². The molecule has 1 unspecified atom stereocenters. The molecule has 0 radical (unpaired) electrons. The van der Waals surface area contributed by atoms with Gasteiger partial charge in [0.05, 0.1) is 10.1 Å². The largest absolute Gasteiger partial charge is 0.508 e. The number of likely N-dealkylation sites (tertiary alicyclic amines) is 1. The van der Waals surface area contributed by atoms with Crippen LogP contribution in [0, 0.1) is 0 Å². The molecular formula is C19H24ClNO3S. The van der Waals surface area contributed by atoms with E-state index in [4.69, 9.17) is 0 Å². The Hall–Kier alpha value is -1.56. The van der Waals surface area contributed by atoms with Crippen molar-refractivity contribution in [3.05, 3.63) is 60.2 Å². The number of sulfone groups is 1. The van der Waals surface area contributed by atoms with E-state index >= 15 is 0 Å². The highest BCUT2D eigenvalue weighted by atomic mass is 35.5. The summed E-state index contributed by atoms with van der Waals surface area (Å²) in [6, 6.07) is 16.2. The SMILES string of the molecule is Cl.O=S(=O)(c1ccc(O)cc1)C1CCN(CCCc2ccccc2)C1. The van der Waals surface area contributed by atoms with Crippen molar-refractivity contribution in [2.75, 3.05) is 19.6 Å². The maximum atomic E-state index is 12.7. The van der Waals surface area contributed by atoms with Gasteiger partial charge in [-0.2, -0.15) is 0 Å². The van der Waals surface area contributed by atoms with Crippen LogP contribution in [0.5, 0.6) is 5.75 Å².